The van der Waals surface area contributed by atoms with Crippen LogP contribution in [0.3, 0.4) is 0 Å². The van der Waals surface area contributed by atoms with Crippen LogP contribution in [0.15, 0.2) is 24.3 Å². The molecule has 1 atom stereocenters. The number of rotatable bonds is 11. The summed E-state index contributed by atoms with van der Waals surface area (Å²) < 4.78 is 64.2. The molecule has 1 aliphatic rings. The Bertz CT molecular complexity index is 965. The van der Waals surface area contributed by atoms with Gasteiger partial charge in [-0.15, -0.1) is 0 Å². The molecule has 1 aliphatic carbocycles. The zero-order chi connectivity index (χ0) is 24.6. The molecule has 4 nitrogen and oxygen atoms in total. The number of aryl methyl sites for hydroxylation is 1. The smallest absolute Gasteiger partial charge is 0.184 e. The Morgan fingerprint density at radius 1 is 1.03 bits per heavy atom. The first-order valence-electron chi connectivity index (χ1n) is 11.6. The van der Waals surface area contributed by atoms with Crippen LogP contribution in [0.25, 0.3) is 0 Å². The van der Waals surface area contributed by atoms with Crippen molar-refractivity contribution in [3.63, 3.8) is 0 Å². The summed E-state index contributed by atoms with van der Waals surface area (Å²) >= 11 is 0. The Morgan fingerprint density at radius 3 is 2.30 bits per heavy atom. The van der Waals surface area contributed by atoms with E-state index in [1.54, 1.807) is 13.0 Å². The first kappa shape index (κ1) is 27.0. The highest BCUT2D eigenvalue weighted by Crippen LogP contribution is 2.48. The monoisotopic (exact) mass is 484 g/mol. The zero-order valence-electron chi connectivity index (χ0n) is 20.1. The minimum atomic E-state index is -1.53. The number of hydrogen-bond donors (Lipinski definition) is 2. The van der Waals surface area contributed by atoms with Crippen molar-refractivity contribution in [2.45, 2.75) is 77.4 Å². The predicted octanol–water partition coefficient (Wildman–Crippen LogP) is 7.77. The summed E-state index contributed by atoms with van der Waals surface area (Å²) in [4.78, 5) is 0. The van der Waals surface area contributed by atoms with Crippen LogP contribution in [0.4, 0.5) is 30.2 Å². The van der Waals surface area contributed by atoms with Gasteiger partial charge in [-0.1, -0.05) is 52.5 Å². The van der Waals surface area contributed by atoms with E-state index in [9.17, 15) is 17.4 Å². The SMILES string of the molecule is CC.CCCCCCC1(S(=O)Nc2c(OC)cc(F)c(F)c2Nc2ccc(C)cc2F)CC1. The van der Waals surface area contributed by atoms with Crippen molar-refractivity contribution in [3.8, 4) is 5.75 Å². The molecule has 3 rings (SSSR count). The van der Waals surface area contributed by atoms with E-state index in [-0.39, 0.29) is 27.6 Å². The first-order chi connectivity index (χ1) is 15.8. The van der Waals surface area contributed by atoms with Crippen LogP contribution in [0.2, 0.25) is 0 Å². The van der Waals surface area contributed by atoms with E-state index in [4.69, 9.17) is 4.74 Å². The van der Waals surface area contributed by atoms with Crippen LogP contribution < -0.4 is 14.8 Å². The van der Waals surface area contributed by atoms with Crippen molar-refractivity contribution in [2.75, 3.05) is 17.1 Å². The minimum absolute atomic E-state index is 0.0101. The van der Waals surface area contributed by atoms with E-state index in [1.165, 1.54) is 19.2 Å². The number of anilines is 3. The van der Waals surface area contributed by atoms with Gasteiger partial charge in [0.05, 0.1) is 17.5 Å². The van der Waals surface area contributed by atoms with Crippen molar-refractivity contribution < 1.29 is 22.1 Å². The second-order valence-corrected chi connectivity index (χ2v) is 9.71. The standard InChI is InChI=1S/C23H29F3N2O2S.C2H6/c1-4-5-6-7-10-23(11-12-23)31(29)28-21-19(30-3)14-17(25)20(26)22(21)27-18-9-8-15(2)13-16(18)24;1-2/h8-9,13-14,27-28H,4-7,10-12H2,1-3H3;1-2H3. The van der Waals surface area contributed by atoms with Crippen molar-refractivity contribution in [1.82, 2.24) is 0 Å². The number of methoxy groups -OCH3 is 1. The molecule has 33 heavy (non-hydrogen) atoms. The highest BCUT2D eigenvalue weighted by Gasteiger charge is 2.48. The maximum Gasteiger partial charge on any atom is 0.184 e. The van der Waals surface area contributed by atoms with E-state index < -0.39 is 28.4 Å². The number of hydrogen-bond acceptors (Lipinski definition) is 3. The average Bonchev–Trinajstić information content (AvgIpc) is 3.60. The molecule has 0 spiro atoms. The maximum atomic E-state index is 14.8. The number of unbranched alkanes of at least 4 members (excludes halogenated alkanes) is 3. The van der Waals surface area contributed by atoms with Crippen LogP contribution in [-0.2, 0) is 11.0 Å². The van der Waals surface area contributed by atoms with E-state index >= 15 is 0 Å². The van der Waals surface area contributed by atoms with Crippen LogP contribution in [0.5, 0.6) is 5.75 Å². The van der Waals surface area contributed by atoms with Crippen molar-refractivity contribution in [3.05, 3.63) is 47.3 Å². The lowest BCUT2D eigenvalue weighted by Crippen LogP contribution is -2.24. The van der Waals surface area contributed by atoms with Gasteiger partial charge in [-0.25, -0.2) is 17.4 Å². The molecular weight excluding hydrogens is 449 g/mol. The third-order valence-corrected chi connectivity index (χ3v) is 7.46. The fourth-order valence-electron chi connectivity index (χ4n) is 3.58. The lowest BCUT2D eigenvalue weighted by Gasteiger charge is -2.21. The van der Waals surface area contributed by atoms with Crippen LogP contribution in [-0.4, -0.2) is 16.1 Å². The molecule has 0 amide bonds. The molecule has 0 saturated heterocycles. The highest BCUT2D eigenvalue weighted by molar-refractivity contribution is 7.88. The van der Waals surface area contributed by atoms with Crippen LogP contribution >= 0.6 is 0 Å². The van der Waals surface area contributed by atoms with Crippen molar-refractivity contribution >= 4 is 28.0 Å². The number of ether oxygens (including phenoxy) is 1. The third-order valence-electron chi connectivity index (χ3n) is 5.67. The first-order valence-corrected chi connectivity index (χ1v) is 12.7. The lowest BCUT2D eigenvalue weighted by atomic mass is 10.1. The van der Waals surface area contributed by atoms with Gasteiger partial charge in [0, 0.05) is 6.07 Å². The summed E-state index contributed by atoms with van der Waals surface area (Å²) in [6.07, 6.45) is 6.70. The summed E-state index contributed by atoms with van der Waals surface area (Å²) in [6.45, 7) is 7.86. The summed E-state index contributed by atoms with van der Waals surface area (Å²) in [7, 11) is -0.218. The van der Waals surface area contributed by atoms with Gasteiger partial charge in [0.15, 0.2) is 11.6 Å². The van der Waals surface area contributed by atoms with Gasteiger partial charge in [0.25, 0.3) is 0 Å². The normalized spacial score (nSPS) is 14.7. The van der Waals surface area contributed by atoms with E-state index in [2.05, 4.69) is 17.0 Å². The molecule has 2 aromatic carbocycles. The van der Waals surface area contributed by atoms with Gasteiger partial charge < -0.3 is 10.1 Å². The summed E-state index contributed by atoms with van der Waals surface area (Å²) in [5.41, 5.74) is 0.347. The predicted molar refractivity (Wildman–Crippen MR) is 131 cm³/mol. The topological polar surface area (TPSA) is 50.4 Å². The Morgan fingerprint density at radius 2 is 1.73 bits per heavy atom. The molecule has 2 N–H and O–H groups in total. The van der Waals surface area contributed by atoms with Gasteiger partial charge in [0.2, 0.25) is 0 Å². The number of halogens is 3. The number of benzene rings is 2. The van der Waals surface area contributed by atoms with Crippen molar-refractivity contribution in [2.24, 2.45) is 0 Å². The average molecular weight is 485 g/mol. The summed E-state index contributed by atoms with van der Waals surface area (Å²) in [5.74, 6) is -2.97. The Hall–Kier alpha value is -2.22. The second-order valence-electron chi connectivity index (χ2n) is 8.10. The Labute approximate surface area is 197 Å². The summed E-state index contributed by atoms with van der Waals surface area (Å²) in [6, 6.07) is 5.28. The summed E-state index contributed by atoms with van der Waals surface area (Å²) in [5, 5.41) is 2.62. The van der Waals surface area contributed by atoms with E-state index in [0.29, 0.717) is 5.56 Å². The Balaban J connectivity index is 0.00000187. The maximum absolute atomic E-state index is 14.8. The molecule has 0 radical (unpaired) electrons. The largest absolute Gasteiger partial charge is 0.494 e. The van der Waals surface area contributed by atoms with Crippen LogP contribution in [0.1, 0.15) is 71.3 Å². The molecule has 1 fully saturated rings. The van der Waals surface area contributed by atoms with Gasteiger partial charge in [-0.05, 0) is 43.9 Å². The fourth-order valence-corrected chi connectivity index (χ4v) is 4.99. The molecule has 0 heterocycles. The van der Waals surface area contributed by atoms with Crippen molar-refractivity contribution in [1.29, 1.82) is 0 Å². The lowest BCUT2D eigenvalue weighted by molar-refractivity contribution is 0.409. The fraction of sp³-hybridized carbons (Fsp3) is 0.520. The number of nitrogens with one attached hydrogen (secondary N) is 2. The molecule has 0 aromatic heterocycles. The minimum Gasteiger partial charge on any atom is -0.494 e. The van der Waals surface area contributed by atoms with E-state index in [0.717, 1.165) is 51.0 Å². The van der Waals surface area contributed by atoms with Gasteiger partial charge in [-0.3, -0.25) is 4.72 Å². The molecule has 2 aromatic rings. The molecule has 0 bridgehead atoms. The van der Waals surface area contributed by atoms with Gasteiger partial charge in [0.1, 0.15) is 33.9 Å². The van der Waals surface area contributed by atoms with Gasteiger partial charge >= 0.3 is 0 Å². The van der Waals surface area contributed by atoms with E-state index in [1.807, 2.05) is 13.8 Å². The quantitative estimate of drug-likeness (QED) is 0.320. The molecule has 8 heteroatoms. The highest BCUT2D eigenvalue weighted by atomic mass is 32.2. The zero-order valence-corrected chi connectivity index (χ0v) is 20.9. The molecular formula is C25H35F3N2O2S. The third kappa shape index (κ3) is 6.65. The molecule has 1 saturated carbocycles. The molecule has 184 valence electrons. The van der Waals surface area contributed by atoms with Crippen LogP contribution in [0, 0.1) is 24.4 Å². The van der Waals surface area contributed by atoms with Gasteiger partial charge in [-0.2, -0.15) is 0 Å². The molecule has 0 aliphatic heterocycles. The second kappa shape index (κ2) is 12.3. The molecule has 1 unspecified atom stereocenters. The Kier molecular flexibility index (Phi) is 10.1.